The first-order valence-electron chi connectivity index (χ1n) is 7.86. The number of ether oxygens (including phenoxy) is 1. The fourth-order valence-electron chi connectivity index (χ4n) is 2.46. The fourth-order valence-corrected chi connectivity index (χ4v) is 3.59. The SMILES string of the molecule is CCS(=O)(=O)N1CCC(C(=O)OCC(=O)NCc2ccco2)CC1. The zero-order valence-electron chi connectivity index (χ0n) is 13.6. The minimum Gasteiger partial charge on any atom is -0.467 e. The molecular formula is C15H22N2O6S. The number of hydrogen-bond acceptors (Lipinski definition) is 6. The van der Waals surface area contributed by atoms with Gasteiger partial charge in [0, 0.05) is 13.1 Å². The Morgan fingerprint density at radius 3 is 2.67 bits per heavy atom. The van der Waals surface area contributed by atoms with Crippen molar-refractivity contribution >= 4 is 21.9 Å². The van der Waals surface area contributed by atoms with Crippen LogP contribution in [-0.2, 0) is 30.9 Å². The smallest absolute Gasteiger partial charge is 0.309 e. The third-order valence-electron chi connectivity index (χ3n) is 3.93. The average Bonchev–Trinajstić information content (AvgIpc) is 3.11. The molecule has 134 valence electrons. The van der Waals surface area contributed by atoms with E-state index in [0.717, 1.165) is 0 Å². The molecule has 0 spiro atoms. The highest BCUT2D eigenvalue weighted by atomic mass is 32.2. The van der Waals surface area contributed by atoms with Gasteiger partial charge < -0.3 is 14.5 Å². The van der Waals surface area contributed by atoms with E-state index in [0.29, 0.717) is 31.7 Å². The molecule has 2 rings (SSSR count). The molecular weight excluding hydrogens is 336 g/mol. The van der Waals surface area contributed by atoms with Gasteiger partial charge >= 0.3 is 5.97 Å². The van der Waals surface area contributed by atoms with Crippen molar-refractivity contribution in [3.05, 3.63) is 24.2 Å². The Bertz CT molecular complexity index is 648. The van der Waals surface area contributed by atoms with Crippen molar-refractivity contribution in [1.82, 2.24) is 9.62 Å². The molecule has 1 aliphatic heterocycles. The van der Waals surface area contributed by atoms with E-state index in [9.17, 15) is 18.0 Å². The van der Waals surface area contributed by atoms with Gasteiger partial charge in [-0.2, -0.15) is 0 Å². The summed E-state index contributed by atoms with van der Waals surface area (Å²) in [4.78, 5) is 23.6. The van der Waals surface area contributed by atoms with Crippen LogP contribution in [0.25, 0.3) is 0 Å². The highest BCUT2D eigenvalue weighted by Crippen LogP contribution is 2.21. The molecule has 9 heteroatoms. The lowest BCUT2D eigenvalue weighted by Crippen LogP contribution is -2.41. The molecule has 1 aliphatic rings. The van der Waals surface area contributed by atoms with E-state index < -0.39 is 21.9 Å². The van der Waals surface area contributed by atoms with Gasteiger partial charge in [0.2, 0.25) is 10.0 Å². The van der Waals surface area contributed by atoms with E-state index in [-0.39, 0.29) is 24.8 Å². The van der Waals surface area contributed by atoms with Crippen LogP contribution in [0.2, 0.25) is 0 Å². The Labute approximate surface area is 141 Å². The first-order chi connectivity index (χ1) is 11.4. The first-order valence-corrected chi connectivity index (χ1v) is 9.47. The minimum atomic E-state index is -3.22. The molecule has 0 saturated carbocycles. The quantitative estimate of drug-likeness (QED) is 0.712. The maximum Gasteiger partial charge on any atom is 0.309 e. The van der Waals surface area contributed by atoms with E-state index in [1.54, 1.807) is 19.1 Å². The van der Waals surface area contributed by atoms with Crippen LogP contribution in [0.3, 0.4) is 0 Å². The molecule has 1 fully saturated rings. The van der Waals surface area contributed by atoms with Gasteiger partial charge in [0.1, 0.15) is 5.76 Å². The molecule has 2 heterocycles. The first kappa shape index (κ1) is 18.5. The molecule has 8 nitrogen and oxygen atoms in total. The van der Waals surface area contributed by atoms with Gasteiger partial charge in [-0.3, -0.25) is 9.59 Å². The number of carbonyl (C=O) groups is 2. The molecule has 0 aliphatic carbocycles. The topological polar surface area (TPSA) is 106 Å². The molecule has 0 atom stereocenters. The van der Waals surface area contributed by atoms with Crippen LogP contribution in [0.5, 0.6) is 0 Å². The number of piperidine rings is 1. The van der Waals surface area contributed by atoms with E-state index in [2.05, 4.69) is 5.32 Å². The third kappa shape index (κ3) is 5.07. The number of nitrogens with one attached hydrogen (secondary N) is 1. The minimum absolute atomic E-state index is 0.0535. The summed E-state index contributed by atoms with van der Waals surface area (Å²) in [5.41, 5.74) is 0. The van der Waals surface area contributed by atoms with Gasteiger partial charge in [0.25, 0.3) is 5.91 Å². The number of sulfonamides is 1. The van der Waals surface area contributed by atoms with Crippen LogP contribution >= 0.6 is 0 Å². The molecule has 0 bridgehead atoms. The Kier molecular flexibility index (Phi) is 6.38. The second kappa shape index (κ2) is 8.29. The third-order valence-corrected chi connectivity index (χ3v) is 5.81. The van der Waals surface area contributed by atoms with E-state index in [1.807, 2.05) is 0 Å². The van der Waals surface area contributed by atoms with Gasteiger partial charge in [-0.1, -0.05) is 0 Å². The number of esters is 1. The van der Waals surface area contributed by atoms with Crippen LogP contribution in [0.1, 0.15) is 25.5 Å². The lowest BCUT2D eigenvalue weighted by atomic mass is 9.98. The Morgan fingerprint density at radius 1 is 1.38 bits per heavy atom. The van der Waals surface area contributed by atoms with Crippen molar-refractivity contribution in [2.75, 3.05) is 25.4 Å². The van der Waals surface area contributed by atoms with Crippen molar-refractivity contribution in [3.63, 3.8) is 0 Å². The monoisotopic (exact) mass is 358 g/mol. The van der Waals surface area contributed by atoms with Crippen LogP contribution in [0.15, 0.2) is 22.8 Å². The van der Waals surface area contributed by atoms with Gasteiger partial charge in [0.15, 0.2) is 6.61 Å². The molecule has 0 radical (unpaired) electrons. The van der Waals surface area contributed by atoms with Crippen molar-refractivity contribution in [2.24, 2.45) is 5.92 Å². The summed E-state index contributed by atoms with van der Waals surface area (Å²) in [6.07, 6.45) is 2.32. The number of furan rings is 1. The Morgan fingerprint density at radius 2 is 2.08 bits per heavy atom. The molecule has 1 N–H and O–H groups in total. The maximum absolute atomic E-state index is 12.0. The summed E-state index contributed by atoms with van der Waals surface area (Å²) in [6.45, 7) is 2.09. The number of hydrogen-bond donors (Lipinski definition) is 1. The highest BCUT2D eigenvalue weighted by Gasteiger charge is 2.31. The Balaban J connectivity index is 1.69. The van der Waals surface area contributed by atoms with Crippen LogP contribution in [0, 0.1) is 5.92 Å². The predicted molar refractivity (Wildman–Crippen MR) is 85.3 cm³/mol. The van der Waals surface area contributed by atoms with Gasteiger partial charge in [-0.15, -0.1) is 0 Å². The summed E-state index contributed by atoms with van der Waals surface area (Å²) in [5, 5.41) is 2.58. The predicted octanol–water partition coefficient (Wildman–Crippen LogP) is 0.501. The number of rotatable bonds is 7. The van der Waals surface area contributed by atoms with Crippen LogP contribution in [0.4, 0.5) is 0 Å². The number of nitrogens with zero attached hydrogens (tertiary/aromatic N) is 1. The van der Waals surface area contributed by atoms with Gasteiger partial charge in [-0.25, -0.2) is 12.7 Å². The average molecular weight is 358 g/mol. The van der Waals surface area contributed by atoms with E-state index in [1.165, 1.54) is 10.6 Å². The van der Waals surface area contributed by atoms with Crippen molar-refractivity contribution in [2.45, 2.75) is 26.3 Å². The van der Waals surface area contributed by atoms with E-state index >= 15 is 0 Å². The van der Waals surface area contributed by atoms with Crippen LogP contribution in [-0.4, -0.2) is 50.0 Å². The van der Waals surface area contributed by atoms with Gasteiger partial charge in [-0.05, 0) is 31.9 Å². The standard InChI is InChI=1S/C15H22N2O6S/c1-2-24(20,21)17-7-5-12(6-8-17)15(19)23-11-14(18)16-10-13-4-3-9-22-13/h3-4,9,12H,2,5-8,10-11H2,1H3,(H,16,18). The molecule has 1 aromatic heterocycles. The lowest BCUT2D eigenvalue weighted by molar-refractivity contribution is -0.153. The zero-order valence-corrected chi connectivity index (χ0v) is 14.4. The van der Waals surface area contributed by atoms with Crippen molar-refractivity contribution in [1.29, 1.82) is 0 Å². The molecule has 0 unspecified atom stereocenters. The summed E-state index contributed by atoms with van der Waals surface area (Å²) >= 11 is 0. The molecule has 1 saturated heterocycles. The summed E-state index contributed by atoms with van der Waals surface area (Å²) < 4.78 is 35.0. The number of carbonyl (C=O) groups excluding carboxylic acids is 2. The normalized spacial score (nSPS) is 16.7. The van der Waals surface area contributed by atoms with Gasteiger partial charge in [0.05, 0.1) is 24.5 Å². The molecule has 1 aromatic rings. The Hall–Kier alpha value is -1.87. The summed E-state index contributed by atoms with van der Waals surface area (Å²) in [5.74, 6) is -0.578. The van der Waals surface area contributed by atoms with Crippen molar-refractivity contribution in [3.8, 4) is 0 Å². The van der Waals surface area contributed by atoms with Crippen molar-refractivity contribution < 1.29 is 27.2 Å². The lowest BCUT2D eigenvalue weighted by Gasteiger charge is -2.29. The maximum atomic E-state index is 12.0. The molecule has 0 aromatic carbocycles. The number of amides is 1. The second-order valence-electron chi connectivity index (χ2n) is 5.54. The van der Waals surface area contributed by atoms with Crippen LogP contribution < -0.4 is 5.32 Å². The zero-order chi connectivity index (χ0) is 17.6. The second-order valence-corrected chi connectivity index (χ2v) is 7.80. The summed E-state index contributed by atoms with van der Waals surface area (Å²) in [7, 11) is -3.22. The highest BCUT2D eigenvalue weighted by molar-refractivity contribution is 7.89. The molecule has 1 amide bonds. The van der Waals surface area contributed by atoms with E-state index in [4.69, 9.17) is 9.15 Å². The fraction of sp³-hybridized carbons (Fsp3) is 0.600. The largest absolute Gasteiger partial charge is 0.467 e. The summed E-state index contributed by atoms with van der Waals surface area (Å²) in [6, 6.07) is 3.44. The molecule has 24 heavy (non-hydrogen) atoms.